The van der Waals surface area contributed by atoms with Gasteiger partial charge in [0.05, 0.1) is 7.05 Å². The van der Waals surface area contributed by atoms with Crippen LogP contribution in [0.15, 0.2) is 73.3 Å². The van der Waals surface area contributed by atoms with Crippen LogP contribution in [0.4, 0.5) is 0 Å². The van der Waals surface area contributed by atoms with Crippen molar-refractivity contribution in [3.63, 3.8) is 0 Å². The van der Waals surface area contributed by atoms with E-state index < -0.39 is 0 Å². The van der Waals surface area contributed by atoms with E-state index in [1.807, 2.05) is 17.8 Å². The van der Waals surface area contributed by atoms with E-state index in [0.29, 0.717) is 0 Å². The van der Waals surface area contributed by atoms with Crippen molar-refractivity contribution in [3.05, 3.63) is 73.3 Å². The Hall–Kier alpha value is -2.61. The lowest BCUT2D eigenvalue weighted by molar-refractivity contribution is -0.670. The summed E-state index contributed by atoms with van der Waals surface area (Å²) in [5.41, 5.74) is 1.19. The van der Waals surface area contributed by atoms with E-state index in [1.165, 1.54) is 27.2 Å². The van der Waals surface area contributed by atoms with Crippen molar-refractivity contribution in [3.8, 4) is 5.69 Å². The van der Waals surface area contributed by atoms with Crippen molar-refractivity contribution in [1.82, 2.24) is 4.57 Å². The van der Waals surface area contributed by atoms with E-state index in [9.17, 15) is 0 Å². The van der Waals surface area contributed by atoms with Crippen LogP contribution in [0.2, 0.25) is 0 Å². The summed E-state index contributed by atoms with van der Waals surface area (Å²) < 4.78 is 4.18. The highest BCUT2D eigenvalue weighted by molar-refractivity contribution is 6.07. The van der Waals surface area contributed by atoms with Crippen molar-refractivity contribution in [2.75, 3.05) is 0 Å². The first-order valence-corrected chi connectivity index (χ1v) is 6.76. The molecule has 0 aliphatic rings. The number of fused-ring (bicyclic) bond motifs is 3. The van der Waals surface area contributed by atoms with Gasteiger partial charge in [0.1, 0.15) is 18.1 Å². The molecule has 4 aromatic rings. The molecule has 2 nitrogen and oxygen atoms in total. The van der Waals surface area contributed by atoms with Gasteiger partial charge in [0, 0.05) is 0 Å². The molecule has 0 atom stereocenters. The van der Waals surface area contributed by atoms with Crippen LogP contribution in [0.5, 0.6) is 0 Å². The Balaban J connectivity index is 1.98. The Morgan fingerprint density at radius 3 is 2.50 bits per heavy atom. The highest BCUT2D eigenvalue weighted by atomic mass is 15.1. The van der Waals surface area contributed by atoms with Crippen molar-refractivity contribution in [2.24, 2.45) is 7.05 Å². The second kappa shape index (κ2) is 4.20. The molecule has 0 amide bonds. The number of nitrogens with zero attached hydrogens (tertiary/aromatic N) is 2. The van der Waals surface area contributed by atoms with Crippen LogP contribution < -0.4 is 4.57 Å². The molecule has 4 rings (SSSR count). The van der Waals surface area contributed by atoms with Gasteiger partial charge >= 0.3 is 0 Å². The molecule has 1 aromatic heterocycles. The monoisotopic (exact) mass is 259 g/mol. The van der Waals surface area contributed by atoms with Crippen LogP contribution >= 0.6 is 0 Å². The minimum absolute atomic E-state index is 1.19. The fraction of sp³-hybridized carbons (Fsp3) is 0.0556. The zero-order valence-corrected chi connectivity index (χ0v) is 11.3. The molecular formula is C18H15N2+. The lowest BCUT2D eigenvalue weighted by Crippen LogP contribution is -2.23. The van der Waals surface area contributed by atoms with E-state index in [2.05, 4.69) is 71.7 Å². The van der Waals surface area contributed by atoms with Gasteiger partial charge in [0.25, 0.3) is 0 Å². The first-order chi connectivity index (χ1) is 9.81. The molecule has 3 aromatic carbocycles. The number of imidazole rings is 1. The van der Waals surface area contributed by atoms with Crippen LogP contribution in [0.3, 0.4) is 0 Å². The summed E-state index contributed by atoms with van der Waals surface area (Å²) in [7, 11) is 2.03. The van der Waals surface area contributed by atoms with Gasteiger partial charge in [-0.3, -0.25) is 0 Å². The number of aryl methyl sites for hydroxylation is 1. The van der Waals surface area contributed by atoms with Crippen LogP contribution in [0.25, 0.3) is 27.2 Å². The summed E-state index contributed by atoms with van der Waals surface area (Å²) in [5, 5.41) is 5.19. The molecule has 0 spiro atoms. The normalized spacial score (nSPS) is 11.2. The minimum Gasteiger partial charge on any atom is -0.239 e. The quantitative estimate of drug-likeness (QED) is 0.365. The Labute approximate surface area is 117 Å². The molecule has 0 aliphatic carbocycles. The van der Waals surface area contributed by atoms with Crippen molar-refractivity contribution in [2.45, 2.75) is 0 Å². The fourth-order valence-corrected chi connectivity index (χ4v) is 2.76. The third-order valence-electron chi connectivity index (χ3n) is 3.80. The Kier molecular flexibility index (Phi) is 2.36. The maximum absolute atomic E-state index is 2.24. The first kappa shape index (κ1) is 11.2. The number of hydrogen-bond acceptors (Lipinski definition) is 0. The Morgan fingerprint density at radius 1 is 0.850 bits per heavy atom. The second-order valence-electron chi connectivity index (χ2n) is 5.18. The molecular weight excluding hydrogens is 244 g/mol. The molecule has 0 unspecified atom stereocenters. The number of hydrogen-bond donors (Lipinski definition) is 0. The molecule has 0 N–H and O–H groups in total. The SMILES string of the molecule is C[n+]1ccn(-c2ccc3c(ccc4ccccc43)c2)c1. The lowest BCUT2D eigenvalue weighted by Gasteiger charge is -2.04. The molecule has 0 fully saturated rings. The van der Waals surface area contributed by atoms with Crippen LogP contribution in [-0.2, 0) is 7.05 Å². The summed E-state index contributed by atoms with van der Waals surface area (Å²) >= 11 is 0. The molecule has 0 saturated carbocycles. The average molecular weight is 259 g/mol. The summed E-state index contributed by atoms with van der Waals surface area (Å²) in [6, 6.07) is 19.6. The van der Waals surface area contributed by atoms with E-state index in [0.717, 1.165) is 0 Å². The first-order valence-electron chi connectivity index (χ1n) is 6.76. The minimum atomic E-state index is 1.19. The Morgan fingerprint density at radius 2 is 1.65 bits per heavy atom. The van der Waals surface area contributed by atoms with Crippen molar-refractivity contribution < 1.29 is 4.57 Å². The summed E-state index contributed by atoms with van der Waals surface area (Å²) in [4.78, 5) is 0. The highest BCUT2D eigenvalue weighted by Crippen LogP contribution is 2.26. The standard InChI is InChI=1S/C18H15N2/c1-19-10-11-20(13-19)16-8-9-18-15(12-16)7-6-14-4-2-3-5-17(14)18/h2-13H,1H3/q+1. The zero-order chi connectivity index (χ0) is 13.5. The van der Waals surface area contributed by atoms with Gasteiger partial charge in [-0.1, -0.05) is 36.4 Å². The van der Waals surface area contributed by atoms with Gasteiger partial charge in [-0.2, -0.15) is 0 Å². The maximum atomic E-state index is 2.24. The van der Waals surface area contributed by atoms with Crippen molar-refractivity contribution >= 4 is 21.5 Å². The van der Waals surface area contributed by atoms with Gasteiger partial charge in [-0.05, 0) is 39.7 Å². The smallest absolute Gasteiger partial charge is 0.239 e. The van der Waals surface area contributed by atoms with Gasteiger partial charge in [0.2, 0.25) is 6.33 Å². The molecule has 20 heavy (non-hydrogen) atoms. The second-order valence-corrected chi connectivity index (χ2v) is 5.18. The fourth-order valence-electron chi connectivity index (χ4n) is 2.76. The number of aromatic nitrogens is 2. The highest BCUT2D eigenvalue weighted by Gasteiger charge is 2.06. The van der Waals surface area contributed by atoms with Crippen LogP contribution in [0, 0.1) is 0 Å². The molecule has 1 heterocycles. The molecule has 0 aliphatic heterocycles. The van der Waals surface area contributed by atoms with Crippen LogP contribution in [-0.4, -0.2) is 4.57 Å². The number of benzene rings is 3. The summed E-state index contributed by atoms with van der Waals surface area (Å²) in [6.07, 6.45) is 6.19. The molecule has 0 saturated heterocycles. The maximum Gasteiger partial charge on any atom is 0.248 e. The Bertz CT molecular complexity index is 919. The predicted octanol–water partition coefficient (Wildman–Crippen LogP) is 3.61. The third-order valence-corrected chi connectivity index (χ3v) is 3.80. The number of rotatable bonds is 1. The predicted molar refractivity (Wildman–Crippen MR) is 82.0 cm³/mol. The van der Waals surface area contributed by atoms with Gasteiger partial charge in [0.15, 0.2) is 0 Å². The van der Waals surface area contributed by atoms with E-state index in [4.69, 9.17) is 0 Å². The largest absolute Gasteiger partial charge is 0.248 e. The molecule has 0 radical (unpaired) electrons. The van der Waals surface area contributed by atoms with E-state index in [-0.39, 0.29) is 0 Å². The van der Waals surface area contributed by atoms with Crippen molar-refractivity contribution in [1.29, 1.82) is 0 Å². The third kappa shape index (κ3) is 1.69. The van der Waals surface area contributed by atoms with E-state index in [1.54, 1.807) is 0 Å². The van der Waals surface area contributed by atoms with Crippen LogP contribution in [0.1, 0.15) is 0 Å². The van der Waals surface area contributed by atoms with E-state index >= 15 is 0 Å². The topological polar surface area (TPSA) is 8.81 Å². The van der Waals surface area contributed by atoms with Gasteiger partial charge < -0.3 is 0 Å². The zero-order valence-electron chi connectivity index (χ0n) is 11.3. The average Bonchev–Trinajstić information content (AvgIpc) is 2.93. The van der Waals surface area contributed by atoms with Gasteiger partial charge in [-0.25, -0.2) is 9.13 Å². The van der Waals surface area contributed by atoms with Gasteiger partial charge in [-0.15, -0.1) is 0 Å². The molecule has 2 heteroatoms. The summed E-state index contributed by atoms with van der Waals surface area (Å²) in [5.74, 6) is 0. The molecule has 96 valence electrons. The molecule has 0 bridgehead atoms. The lowest BCUT2D eigenvalue weighted by atomic mass is 10.0. The summed E-state index contributed by atoms with van der Waals surface area (Å²) in [6.45, 7) is 0.